The van der Waals surface area contributed by atoms with Crippen LogP contribution >= 0.6 is 11.6 Å². The monoisotopic (exact) mass is 310 g/mol. The molecule has 0 saturated carbocycles. The first-order chi connectivity index (χ1) is 10.0. The number of carbonyl (C=O) groups excluding carboxylic acids is 1. The molecule has 21 heavy (non-hydrogen) atoms. The Balaban J connectivity index is 2.27. The van der Waals surface area contributed by atoms with E-state index < -0.39 is 0 Å². The molecule has 6 nitrogen and oxygen atoms in total. The van der Waals surface area contributed by atoms with E-state index in [4.69, 9.17) is 25.6 Å². The molecule has 0 atom stereocenters. The second kappa shape index (κ2) is 6.49. The smallest absolute Gasteiger partial charge is 0.257 e. The molecule has 1 N–H and O–H groups in total. The third kappa shape index (κ3) is 3.46. The van der Waals surface area contributed by atoms with Crippen LogP contribution in [0.3, 0.4) is 0 Å². The zero-order chi connectivity index (χ0) is 15.4. The van der Waals surface area contributed by atoms with Gasteiger partial charge >= 0.3 is 0 Å². The first kappa shape index (κ1) is 15.2. The fraction of sp³-hybridized carbons (Fsp3) is 0.286. The molecule has 0 aliphatic carbocycles. The van der Waals surface area contributed by atoms with Gasteiger partial charge in [0.1, 0.15) is 5.76 Å². The Kier molecular flexibility index (Phi) is 4.70. The first-order valence-corrected chi connectivity index (χ1v) is 6.68. The fourth-order valence-corrected chi connectivity index (χ4v) is 2.01. The number of methoxy groups -OCH3 is 1. The van der Waals surface area contributed by atoms with E-state index in [0.29, 0.717) is 40.3 Å². The number of hydrogen-bond acceptors (Lipinski definition) is 5. The zero-order valence-corrected chi connectivity index (χ0v) is 12.7. The first-order valence-electron chi connectivity index (χ1n) is 6.30. The Hall–Kier alpha value is -2.21. The van der Waals surface area contributed by atoms with Gasteiger partial charge in [-0.05, 0) is 26.0 Å². The molecule has 0 saturated heterocycles. The molecule has 1 heterocycles. The quantitative estimate of drug-likeness (QED) is 0.917. The molecule has 2 rings (SSSR count). The van der Waals surface area contributed by atoms with Crippen molar-refractivity contribution in [3.8, 4) is 11.5 Å². The number of nitrogens with one attached hydrogen (secondary N) is 1. The van der Waals surface area contributed by atoms with Gasteiger partial charge in [0.05, 0.1) is 18.7 Å². The van der Waals surface area contributed by atoms with Gasteiger partial charge in [0.15, 0.2) is 17.3 Å². The highest BCUT2D eigenvalue weighted by molar-refractivity contribution is 6.32. The predicted molar refractivity (Wildman–Crippen MR) is 78.4 cm³/mol. The lowest BCUT2D eigenvalue weighted by atomic mass is 10.2. The molecule has 1 aromatic heterocycles. The Morgan fingerprint density at radius 1 is 1.43 bits per heavy atom. The molecule has 0 radical (unpaired) electrons. The van der Waals surface area contributed by atoms with Crippen molar-refractivity contribution >= 4 is 23.3 Å². The number of ether oxygens (including phenoxy) is 2. The fourth-order valence-electron chi connectivity index (χ4n) is 1.75. The van der Waals surface area contributed by atoms with Gasteiger partial charge in [-0.2, -0.15) is 0 Å². The van der Waals surface area contributed by atoms with Crippen LogP contribution in [0.15, 0.2) is 22.7 Å². The van der Waals surface area contributed by atoms with Crippen LogP contribution in [0, 0.1) is 6.92 Å². The van der Waals surface area contributed by atoms with Gasteiger partial charge < -0.3 is 19.3 Å². The minimum Gasteiger partial charge on any atom is -0.493 e. The third-order valence-electron chi connectivity index (χ3n) is 2.65. The highest BCUT2D eigenvalue weighted by atomic mass is 35.5. The van der Waals surface area contributed by atoms with Crippen LogP contribution < -0.4 is 14.8 Å². The highest BCUT2D eigenvalue weighted by Crippen LogP contribution is 2.36. The minimum absolute atomic E-state index is 0.303. The number of halogens is 1. The second-order valence-corrected chi connectivity index (χ2v) is 4.61. The summed E-state index contributed by atoms with van der Waals surface area (Å²) in [5.41, 5.74) is 0.334. The minimum atomic E-state index is -0.369. The van der Waals surface area contributed by atoms with Crippen LogP contribution in [0.5, 0.6) is 11.5 Å². The van der Waals surface area contributed by atoms with Crippen molar-refractivity contribution in [3.63, 3.8) is 0 Å². The average Bonchev–Trinajstić information content (AvgIpc) is 2.86. The number of rotatable bonds is 5. The van der Waals surface area contributed by atoms with E-state index in [0.717, 1.165) is 0 Å². The van der Waals surface area contributed by atoms with Crippen LogP contribution in [-0.4, -0.2) is 24.8 Å². The summed E-state index contributed by atoms with van der Waals surface area (Å²) in [5.74, 6) is 1.38. The van der Waals surface area contributed by atoms with Crippen LogP contribution in [0.1, 0.15) is 23.0 Å². The van der Waals surface area contributed by atoms with E-state index >= 15 is 0 Å². The van der Waals surface area contributed by atoms with Crippen molar-refractivity contribution in [2.75, 3.05) is 19.0 Å². The van der Waals surface area contributed by atoms with E-state index in [1.165, 1.54) is 13.2 Å². The van der Waals surface area contributed by atoms with Gasteiger partial charge in [-0.3, -0.25) is 4.79 Å². The van der Waals surface area contributed by atoms with Crippen molar-refractivity contribution < 1.29 is 18.8 Å². The van der Waals surface area contributed by atoms with Gasteiger partial charge in [-0.25, -0.2) is 0 Å². The number of aryl methyl sites for hydroxylation is 1. The lowest BCUT2D eigenvalue weighted by Gasteiger charge is -2.12. The van der Waals surface area contributed by atoms with E-state index in [1.807, 2.05) is 6.92 Å². The Morgan fingerprint density at radius 2 is 2.19 bits per heavy atom. The molecular weight excluding hydrogens is 296 g/mol. The molecule has 112 valence electrons. The SMILES string of the molecule is CCOc1c(Cl)cc(C(=O)Nc2cc(C)on2)cc1OC. The summed E-state index contributed by atoms with van der Waals surface area (Å²) in [6.07, 6.45) is 0. The maximum atomic E-state index is 12.2. The van der Waals surface area contributed by atoms with Crippen molar-refractivity contribution in [3.05, 3.63) is 34.5 Å². The van der Waals surface area contributed by atoms with E-state index in [2.05, 4.69) is 10.5 Å². The second-order valence-electron chi connectivity index (χ2n) is 4.20. The van der Waals surface area contributed by atoms with Gasteiger partial charge in [0, 0.05) is 11.6 Å². The van der Waals surface area contributed by atoms with Crippen molar-refractivity contribution in [2.45, 2.75) is 13.8 Å². The zero-order valence-electron chi connectivity index (χ0n) is 11.9. The van der Waals surface area contributed by atoms with Crippen molar-refractivity contribution in [1.29, 1.82) is 0 Å². The van der Waals surface area contributed by atoms with Crippen LogP contribution in [0.4, 0.5) is 5.82 Å². The lowest BCUT2D eigenvalue weighted by molar-refractivity contribution is 0.102. The van der Waals surface area contributed by atoms with Crippen LogP contribution in [-0.2, 0) is 0 Å². The molecule has 0 aliphatic rings. The van der Waals surface area contributed by atoms with Crippen LogP contribution in [0.2, 0.25) is 5.02 Å². The molecule has 2 aromatic rings. The summed E-state index contributed by atoms with van der Waals surface area (Å²) < 4.78 is 15.5. The van der Waals surface area contributed by atoms with E-state index in [-0.39, 0.29) is 5.91 Å². The van der Waals surface area contributed by atoms with Crippen LogP contribution in [0.25, 0.3) is 0 Å². The third-order valence-corrected chi connectivity index (χ3v) is 2.93. The number of benzene rings is 1. The molecule has 0 aliphatic heterocycles. The summed E-state index contributed by atoms with van der Waals surface area (Å²) in [6.45, 7) is 4.02. The van der Waals surface area contributed by atoms with Crippen molar-refractivity contribution in [2.24, 2.45) is 0 Å². The molecule has 0 fully saturated rings. The Morgan fingerprint density at radius 3 is 2.76 bits per heavy atom. The van der Waals surface area contributed by atoms with Gasteiger partial charge in [-0.1, -0.05) is 16.8 Å². The van der Waals surface area contributed by atoms with Gasteiger partial charge in [0.25, 0.3) is 5.91 Å². The molecule has 1 amide bonds. The molecular formula is C14H15ClN2O4. The summed E-state index contributed by atoms with van der Waals surface area (Å²) in [6, 6.07) is 4.68. The lowest BCUT2D eigenvalue weighted by Crippen LogP contribution is -2.12. The largest absolute Gasteiger partial charge is 0.493 e. The summed E-state index contributed by atoms with van der Waals surface area (Å²) >= 11 is 6.12. The van der Waals surface area contributed by atoms with E-state index in [1.54, 1.807) is 19.1 Å². The summed E-state index contributed by atoms with van der Waals surface area (Å²) in [4.78, 5) is 12.2. The molecule has 0 bridgehead atoms. The molecule has 7 heteroatoms. The van der Waals surface area contributed by atoms with Crippen molar-refractivity contribution in [1.82, 2.24) is 5.16 Å². The number of amides is 1. The number of nitrogens with zero attached hydrogens (tertiary/aromatic N) is 1. The standard InChI is InChI=1S/C14H15ClN2O4/c1-4-20-13-10(15)6-9(7-11(13)19-3)14(18)16-12-5-8(2)21-17-12/h5-7H,4H2,1-3H3,(H,16,17,18). The Bertz CT molecular complexity index is 654. The Labute approximate surface area is 127 Å². The maximum absolute atomic E-state index is 12.2. The predicted octanol–water partition coefficient (Wildman–Crippen LogP) is 3.30. The normalized spacial score (nSPS) is 10.3. The number of aromatic nitrogens is 1. The number of carbonyl (C=O) groups is 1. The van der Waals surface area contributed by atoms with Gasteiger partial charge in [-0.15, -0.1) is 0 Å². The average molecular weight is 311 g/mol. The van der Waals surface area contributed by atoms with E-state index in [9.17, 15) is 4.79 Å². The molecule has 0 spiro atoms. The highest BCUT2D eigenvalue weighted by Gasteiger charge is 2.16. The maximum Gasteiger partial charge on any atom is 0.257 e. The molecule has 1 aromatic carbocycles. The molecule has 0 unspecified atom stereocenters. The number of hydrogen-bond donors (Lipinski definition) is 1. The summed E-state index contributed by atoms with van der Waals surface area (Å²) in [5, 5.41) is 6.61. The van der Waals surface area contributed by atoms with Gasteiger partial charge in [0.2, 0.25) is 0 Å². The topological polar surface area (TPSA) is 73.6 Å². The number of anilines is 1. The summed E-state index contributed by atoms with van der Waals surface area (Å²) in [7, 11) is 1.48.